The van der Waals surface area contributed by atoms with Gasteiger partial charge in [0.05, 0.1) is 19.4 Å². The minimum absolute atomic E-state index is 0.119. The Kier molecular flexibility index (Phi) is 5.81. The number of nitrogens with one attached hydrogen (secondary N) is 1. The lowest BCUT2D eigenvalue weighted by Gasteiger charge is -2.11. The van der Waals surface area contributed by atoms with Crippen molar-refractivity contribution in [3.63, 3.8) is 0 Å². The number of carboxylic acid groups (broad SMARTS) is 2. The molecule has 0 aromatic heterocycles. The fourth-order valence-corrected chi connectivity index (χ4v) is 1.59. The molecule has 0 fully saturated rings. The molecule has 0 aliphatic heterocycles. The molecule has 1 aromatic rings. The minimum atomic E-state index is -1.11. The average Bonchev–Trinajstić information content (AvgIpc) is 2.37. The molecule has 0 spiro atoms. The first-order valence-corrected chi connectivity index (χ1v) is 5.81. The summed E-state index contributed by atoms with van der Waals surface area (Å²) in [5, 5.41) is 20.4. The monoisotopic (exact) mass is 267 g/mol. The number of ether oxygens (including phenoxy) is 1. The molecule has 0 bridgehead atoms. The van der Waals surface area contributed by atoms with Crippen molar-refractivity contribution in [2.45, 2.75) is 13.0 Å². The maximum absolute atomic E-state index is 10.8. The lowest BCUT2D eigenvalue weighted by molar-refractivity contribution is -0.148. The van der Waals surface area contributed by atoms with E-state index in [1.165, 1.54) is 0 Å². The van der Waals surface area contributed by atoms with Gasteiger partial charge in [-0.3, -0.25) is 9.59 Å². The van der Waals surface area contributed by atoms with Crippen molar-refractivity contribution in [1.82, 2.24) is 5.32 Å². The third-order valence-electron chi connectivity index (χ3n) is 2.65. The van der Waals surface area contributed by atoms with E-state index in [4.69, 9.17) is 14.9 Å². The second kappa shape index (κ2) is 7.38. The first-order valence-electron chi connectivity index (χ1n) is 5.81. The van der Waals surface area contributed by atoms with Crippen LogP contribution in [0.25, 0.3) is 0 Å². The van der Waals surface area contributed by atoms with Crippen LogP contribution in [0.3, 0.4) is 0 Å². The summed E-state index contributed by atoms with van der Waals surface area (Å²) < 4.78 is 5.02. The number of hydrogen-bond donors (Lipinski definition) is 3. The van der Waals surface area contributed by atoms with E-state index in [0.29, 0.717) is 6.54 Å². The zero-order valence-electron chi connectivity index (χ0n) is 10.6. The number of carbonyl (C=O) groups is 2. The zero-order valence-corrected chi connectivity index (χ0v) is 10.6. The van der Waals surface area contributed by atoms with E-state index in [1.807, 2.05) is 24.3 Å². The highest BCUT2D eigenvalue weighted by molar-refractivity contribution is 5.77. The number of aliphatic carboxylic acids is 2. The Bertz CT molecular complexity index is 429. The SMILES string of the molecule is COc1ccc(CNCC(CC(=O)O)C(=O)O)cc1. The summed E-state index contributed by atoms with van der Waals surface area (Å²) in [5.41, 5.74) is 0.972. The first kappa shape index (κ1) is 15.0. The highest BCUT2D eigenvalue weighted by Gasteiger charge is 2.20. The second-order valence-corrected chi connectivity index (χ2v) is 4.11. The lowest BCUT2D eigenvalue weighted by atomic mass is 10.1. The highest BCUT2D eigenvalue weighted by Crippen LogP contribution is 2.11. The molecule has 6 heteroatoms. The van der Waals surface area contributed by atoms with Crippen molar-refractivity contribution in [1.29, 1.82) is 0 Å². The van der Waals surface area contributed by atoms with Crippen LogP contribution in [-0.2, 0) is 16.1 Å². The van der Waals surface area contributed by atoms with Crippen LogP contribution in [0, 0.1) is 5.92 Å². The van der Waals surface area contributed by atoms with Crippen LogP contribution in [0.15, 0.2) is 24.3 Å². The fourth-order valence-electron chi connectivity index (χ4n) is 1.59. The standard InChI is InChI=1S/C13H17NO5/c1-19-11-4-2-9(3-5-11)7-14-8-10(13(17)18)6-12(15)16/h2-5,10,14H,6-8H2,1H3,(H,15,16)(H,17,18). The highest BCUT2D eigenvalue weighted by atomic mass is 16.5. The van der Waals surface area contributed by atoms with Crippen LogP contribution in [0.2, 0.25) is 0 Å². The average molecular weight is 267 g/mol. The lowest BCUT2D eigenvalue weighted by Crippen LogP contribution is -2.30. The summed E-state index contributed by atoms with van der Waals surface area (Å²) in [6.45, 7) is 0.598. The van der Waals surface area contributed by atoms with Gasteiger partial charge in [0.2, 0.25) is 0 Å². The Morgan fingerprint density at radius 3 is 2.37 bits per heavy atom. The summed E-state index contributed by atoms with van der Waals surface area (Å²) in [4.78, 5) is 21.4. The second-order valence-electron chi connectivity index (χ2n) is 4.11. The molecule has 0 radical (unpaired) electrons. The van der Waals surface area contributed by atoms with Crippen molar-refractivity contribution < 1.29 is 24.5 Å². The molecule has 0 aliphatic rings. The number of hydrogen-bond acceptors (Lipinski definition) is 4. The number of methoxy groups -OCH3 is 1. The first-order chi connectivity index (χ1) is 9.02. The summed E-state index contributed by atoms with van der Waals surface area (Å²) in [6, 6.07) is 7.34. The predicted molar refractivity (Wildman–Crippen MR) is 68.1 cm³/mol. The molecule has 19 heavy (non-hydrogen) atoms. The van der Waals surface area contributed by atoms with Crippen molar-refractivity contribution in [2.75, 3.05) is 13.7 Å². The van der Waals surface area contributed by atoms with Crippen LogP contribution >= 0.6 is 0 Å². The van der Waals surface area contributed by atoms with Gasteiger partial charge in [0.15, 0.2) is 0 Å². The predicted octanol–water partition coefficient (Wildman–Crippen LogP) is 0.960. The Balaban J connectivity index is 2.42. The van der Waals surface area contributed by atoms with E-state index in [2.05, 4.69) is 5.32 Å². The normalized spacial score (nSPS) is 11.8. The van der Waals surface area contributed by atoms with E-state index >= 15 is 0 Å². The van der Waals surface area contributed by atoms with Gasteiger partial charge in [-0.15, -0.1) is 0 Å². The summed E-state index contributed by atoms with van der Waals surface area (Å²) in [7, 11) is 1.58. The van der Waals surface area contributed by atoms with Gasteiger partial charge in [-0.1, -0.05) is 12.1 Å². The number of rotatable bonds is 8. The number of benzene rings is 1. The summed E-state index contributed by atoms with van der Waals surface area (Å²) in [5.74, 6) is -2.39. The van der Waals surface area contributed by atoms with Gasteiger partial charge in [-0.05, 0) is 17.7 Å². The Hall–Kier alpha value is -2.08. The molecule has 3 N–H and O–H groups in total. The third-order valence-corrected chi connectivity index (χ3v) is 2.65. The molecule has 0 amide bonds. The van der Waals surface area contributed by atoms with E-state index in [1.54, 1.807) is 7.11 Å². The molecule has 0 saturated carbocycles. The Morgan fingerprint density at radius 1 is 1.26 bits per heavy atom. The van der Waals surface area contributed by atoms with E-state index in [9.17, 15) is 9.59 Å². The largest absolute Gasteiger partial charge is 0.497 e. The molecule has 1 unspecified atom stereocenters. The van der Waals surface area contributed by atoms with Gasteiger partial charge in [-0.2, -0.15) is 0 Å². The van der Waals surface area contributed by atoms with Gasteiger partial charge in [0, 0.05) is 13.1 Å². The molecule has 0 saturated heterocycles. The van der Waals surface area contributed by atoms with E-state index in [0.717, 1.165) is 11.3 Å². The van der Waals surface area contributed by atoms with Crippen LogP contribution < -0.4 is 10.1 Å². The van der Waals surface area contributed by atoms with Crippen molar-refractivity contribution in [3.05, 3.63) is 29.8 Å². The van der Waals surface area contributed by atoms with Gasteiger partial charge in [0.1, 0.15) is 5.75 Å². The Morgan fingerprint density at radius 2 is 1.89 bits per heavy atom. The van der Waals surface area contributed by atoms with Gasteiger partial charge in [0.25, 0.3) is 0 Å². The number of carboxylic acids is 2. The van der Waals surface area contributed by atoms with Crippen LogP contribution in [0.5, 0.6) is 5.75 Å². The smallest absolute Gasteiger partial charge is 0.308 e. The molecule has 6 nitrogen and oxygen atoms in total. The van der Waals surface area contributed by atoms with Crippen LogP contribution in [-0.4, -0.2) is 35.8 Å². The molecule has 1 rings (SSSR count). The summed E-state index contributed by atoms with van der Waals surface area (Å²) in [6.07, 6.45) is -0.384. The van der Waals surface area contributed by atoms with Gasteiger partial charge in [-0.25, -0.2) is 0 Å². The van der Waals surface area contributed by atoms with E-state index < -0.39 is 17.9 Å². The maximum Gasteiger partial charge on any atom is 0.308 e. The molecule has 1 aromatic carbocycles. The molecule has 1 atom stereocenters. The molecular weight excluding hydrogens is 250 g/mol. The third kappa shape index (κ3) is 5.39. The minimum Gasteiger partial charge on any atom is -0.497 e. The molecule has 104 valence electrons. The van der Waals surface area contributed by atoms with Crippen molar-refractivity contribution >= 4 is 11.9 Å². The molecule has 0 heterocycles. The quantitative estimate of drug-likeness (QED) is 0.649. The molecular formula is C13H17NO5. The zero-order chi connectivity index (χ0) is 14.3. The van der Waals surface area contributed by atoms with Crippen molar-refractivity contribution in [3.8, 4) is 5.75 Å². The van der Waals surface area contributed by atoms with E-state index in [-0.39, 0.29) is 13.0 Å². The summed E-state index contributed by atoms with van der Waals surface area (Å²) >= 11 is 0. The van der Waals surface area contributed by atoms with Crippen LogP contribution in [0.1, 0.15) is 12.0 Å². The molecule has 0 aliphatic carbocycles. The van der Waals surface area contributed by atoms with Gasteiger partial charge >= 0.3 is 11.9 Å². The van der Waals surface area contributed by atoms with Crippen molar-refractivity contribution in [2.24, 2.45) is 5.92 Å². The Labute approximate surface area is 111 Å². The fraction of sp³-hybridized carbons (Fsp3) is 0.385. The topological polar surface area (TPSA) is 95.9 Å². The maximum atomic E-state index is 10.8. The van der Waals surface area contributed by atoms with Crippen LogP contribution in [0.4, 0.5) is 0 Å². The van der Waals surface area contributed by atoms with Gasteiger partial charge < -0.3 is 20.3 Å².